The van der Waals surface area contributed by atoms with Gasteiger partial charge in [0.05, 0.1) is 0 Å². The lowest BCUT2D eigenvalue weighted by atomic mass is 10.2. The molecular weight excluding hydrogens is 258 g/mol. The summed E-state index contributed by atoms with van der Waals surface area (Å²) in [5.74, 6) is -0.506. The molecule has 20 heavy (non-hydrogen) atoms. The van der Waals surface area contributed by atoms with Gasteiger partial charge >= 0.3 is 6.03 Å². The van der Waals surface area contributed by atoms with E-state index in [1.165, 1.54) is 17.1 Å². The molecule has 4 amide bonds. The monoisotopic (exact) mass is 281 g/mol. The number of hydrogen-bond donors (Lipinski definition) is 2. The Morgan fingerprint density at radius 2 is 1.55 bits per heavy atom. The van der Waals surface area contributed by atoms with Gasteiger partial charge in [0.15, 0.2) is 0 Å². The summed E-state index contributed by atoms with van der Waals surface area (Å²) in [5.41, 5.74) is 0. The lowest BCUT2D eigenvalue weighted by Crippen LogP contribution is -2.37. The zero-order valence-electron chi connectivity index (χ0n) is 12.0. The Balaban J connectivity index is 1.98. The van der Waals surface area contributed by atoms with E-state index in [1.54, 1.807) is 0 Å². The second-order valence-corrected chi connectivity index (χ2v) is 4.76. The first-order valence-corrected chi connectivity index (χ1v) is 7.20. The van der Waals surface area contributed by atoms with Gasteiger partial charge in [-0.1, -0.05) is 19.8 Å². The number of amides is 4. The Hall–Kier alpha value is -1.85. The first kappa shape index (κ1) is 16.2. The molecule has 6 nitrogen and oxygen atoms in total. The largest absolute Gasteiger partial charge is 0.338 e. The molecule has 1 aliphatic heterocycles. The number of unbranched alkanes of at least 4 members (excludes halogenated alkanes) is 3. The Kier molecular flexibility index (Phi) is 7.39. The van der Waals surface area contributed by atoms with Crippen molar-refractivity contribution >= 4 is 17.8 Å². The van der Waals surface area contributed by atoms with Crippen molar-refractivity contribution in [2.24, 2.45) is 0 Å². The van der Waals surface area contributed by atoms with E-state index in [0.29, 0.717) is 26.1 Å². The summed E-state index contributed by atoms with van der Waals surface area (Å²) in [6.07, 6.45) is 7.23. The van der Waals surface area contributed by atoms with Gasteiger partial charge in [-0.3, -0.25) is 14.5 Å². The lowest BCUT2D eigenvalue weighted by Gasteiger charge is -2.13. The van der Waals surface area contributed by atoms with Gasteiger partial charge in [-0.2, -0.15) is 0 Å². The third kappa shape index (κ3) is 5.86. The van der Waals surface area contributed by atoms with Crippen molar-refractivity contribution in [3.63, 3.8) is 0 Å². The molecule has 1 rings (SSSR count). The molecule has 0 atom stereocenters. The van der Waals surface area contributed by atoms with Crippen LogP contribution in [0, 0.1) is 0 Å². The molecule has 0 aromatic heterocycles. The predicted octanol–water partition coefficient (Wildman–Crippen LogP) is 1.18. The minimum atomic E-state index is -0.253. The Morgan fingerprint density at radius 1 is 1.00 bits per heavy atom. The molecule has 112 valence electrons. The maximum Gasteiger partial charge on any atom is 0.314 e. The number of carbonyl (C=O) groups excluding carboxylic acids is 3. The average Bonchev–Trinajstić information content (AvgIpc) is 2.74. The van der Waals surface area contributed by atoms with Crippen molar-refractivity contribution in [3.8, 4) is 0 Å². The molecule has 0 saturated heterocycles. The highest BCUT2D eigenvalue weighted by Gasteiger charge is 2.22. The summed E-state index contributed by atoms with van der Waals surface area (Å²) in [6.45, 7) is 3.77. The number of nitrogens with one attached hydrogen (secondary N) is 2. The molecule has 0 radical (unpaired) electrons. The van der Waals surface area contributed by atoms with E-state index < -0.39 is 0 Å². The minimum absolute atomic E-state index is 0.156. The van der Waals surface area contributed by atoms with E-state index in [4.69, 9.17) is 0 Å². The zero-order valence-corrected chi connectivity index (χ0v) is 12.0. The molecule has 0 bridgehead atoms. The van der Waals surface area contributed by atoms with E-state index in [9.17, 15) is 14.4 Å². The van der Waals surface area contributed by atoms with Crippen molar-refractivity contribution in [3.05, 3.63) is 12.2 Å². The average molecular weight is 281 g/mol. The molecule has 0 aromatic rings. The topological polar surface area (TPSA) is 78.5 Å². The van der Waals surface area contributed by atoms with Crippen LogP contribution in [0.25, 0.3) is 0 Å². The number of urea groups is 1. The maximum absolute atomic E-state index is 11.4. The normalized spacial score (nSPS) is 13.9. The van der Waals surface area contributed by atoms with Gasteiger partial charge in [0.2, 0.25) is 0 Å². The molecule has 1 aliphatic rings. The number of nitrogens with zero attached hydrogens (tertiary/aromatic N) is 1. The van der Waals surface area contributed by atoms with Gasteiger partial charge in [-0.15, -0.1) is 0 Å². The fraction of sp³-hybridized carbons (Fsp3) is 0.643. The van der Waals surface area contributed by atoms with Crippen LogP contribution in [0.5, 0.6) is 0 Å². The highest BCUT2D eigenvalue weighted by molar-refractivity contribution is 6.12. The summed E-state index contributed by atoms with van der Waals surface area (Å²) < 4.78 is 0. The third-order valence-electron chi connectivity index (χ3n) is 3.06. The molecule has 1 heterocycles. The van der Waals surface area contributed by atoms with Crippen molar-refractivity contribution in [2.75, 3.05) is 19.6 Å². The summed E-state index contributed by atoms with van der Waals surface area (Å²) in [7, 11) is 0. The number of hydrogen-bond acceptors (Lipinski definition) is 3. The Bertz CT molecular complexity index is 362. The highest BCUT2D eigenvalue weighted by Crippen LogP contribution is 2.04. The minimum Gasteiger partial charge on any atom is -0.338 e. The van der Waals surface area contributed by atoms with E-state index in [2.05, 4.69) is 17.6 Å². The lowest BCUT2D eigenvalue weighted by molar-refractivity contribution is -0.136. The second-order valence-electron chi connectivity index (χ2n) is 4.76. The molecule has 0 spiro atoms. The summed E-state index contributed by atoms with van der Waals surface area (Å²) in [6, 6.07) is -0.156. The third-order valence-corrected chi connectivity index (χ3v) is 3.06. The van der Waals surface area contributed by atoms with Crippen LogP contribution >= 0.6 is 0 Å². The van der Waals surface area contributed by atoms with Crippen LogP contribution in [-0.2, 0) is 9.59 Å². The molecule has 6 heteroatoms. The Morgan fingerprint density at radius 3 is 2.10 bits per heavy atom. The first-order valence-electron chi connectivity index (χ1n) is 7.20. The molecule has 0 unspecified atom stereocenters. The van der Waals surface area contributed by atoms with Crippen molar-refractivity contribution < 1.29 is 14.4 Å². The summed E-state index contributed by atoms with van der Waals surface area (Å²) in [5, 5.41) is 5.54. The molecule has 0 aliphatic carbocycles. The van der Waals surface area contributed by atoms with Crippen LogP contribution in [0.15, 0.2) is 12.2 Å². The second kappa shape index (κ2) is 9.12. The van der Waals surface area contributed by atoms with Gasteiger partial charge in [0, 0.05) is 31.8 Å². The molecule has 2 N–H and O–H groups in total. The van der Waals surface area contributed by atoms with Crippen molar-refractivity contribution in [2.45, 2.75) is 39.0 Å². The highest BCUT2D eigenvalue weighted by atomic mass is 16.2. The van der Waals surface area contributed by atoms with Crippen LogP contribution < -0.4 is 10.6 Å². The number of rotatable bonds is 9. The smallest absolute Gasteiger partial charge is 0.314 e. The van der Waals surface area contributed by atoms with Crippen LogP contribution in [0.4, 0.5) is 4.79 Å². The summed E-state index contributed by atoms with van der Waals surface area (Å²) >= 11 is 0. The Labute approximate surface area is 119 Å². The van der Waals surface area contributed by atoms with Gasteiger partial charge in [-0.25, -0.2) is 4.79 Å². The standard InChI is InChI=1S/C14H23N3O3/c1-2-3-4-9-15-14(20)16-10-5-6-11-17-12(18)7-8-13(17)19/h7-8H,2-6,9-11H2,1H3,(H2,15,16,20). The van der Waals surface area contributed by atoms with Gasteiger partial charge in [0.1, 0.15) is 0 Å². The fourth-order valence-electron chi connectivity index (χ4n) is 1.89. The van der Waals surface area contributed by atoms with Crippen LogP contribution in [0.1, 0.15) is 39.0 Å². The van der Waals surface area contributed by atoms with E-state index in [-0.39, 0.29) is 17.8 Å². The van der Waals surface area contributed by atoms with E-state index in [0.717, 1.165) is 25.7 Å². The SMILES string of the molecule is CCCCCNC(=O)NCCCCN1C(=O)C=CC1=O. The van der Waals surface area contributed by atoms with Gasteiger partial charge in [0.25, 0.3) is 11.8 Å². The predicted molar refractivity (Wildman–Crippen MR) is 76.0 cm³/mol. The van der Waals surface area contributed by atoms with Crippen LogP contribution in [-0.4, -0.2) is 42.4 Å². The van der Waals surface area contributed by atoms with Gasteiger partial charge < -0.3 is 10.6 Å². The number of carbonyl (C=O) groups is 3. The van der Waals surface area contributed by atoms with Crippen molar-refractivity contribution in [1.29, 1.82) is 0 Å². The molecule has 0 fully saturated rings. The zero-order chi connectivity index (χ0) is 14.8. The van der Waals surface area contributed by atoms with Crippen LogP contribution in [0.2, 0.25) is 0 Å². The fourth-order valence-corrected chi connectivity index (χ4v) is 1.89. The molecule has 0 aromatic carbocycles. The molecule has 0 saturated carbocycles. The van der Waals surface area contributed by atoms with Crippen LogP contribution in [0.3, 0.4) is 0 Å². The van der Waals surface area contributed by atoms with Crippen molar-refractivity contribution in [1.82, 2.24) is 15.5 Å². The maximum atomic E-state index is 11.4. The number of imide groups is 1. The quantitative estimate of drug-likeness (QED) is 0.492. The van der Waals surface area contributed by atoms with E-state index >= 15 is 0 Å². The summed E-state index contributed by atoms with van der Waals surface area (Å²) in [4.78, 5) is 35.1. The van der Waals surface area contributed by atoms with Gasteiger partial charge in [-0.05, 0) is 19.3 Å². The van der Waals surface area contributed by atoms with E-state index in [1.807, 2.05) is 0 Å². The molecular formula is C14H23N3O3. The first-order chi connectivity index (χ1) is 9.65.